The molecule has 2 rings (SSSR count). The summed E-state index contributed by atoms with van der Waals surface area (Å²) in [5, 5.41) is 3.26. The van der Waals surface area contributed by atoms with Gasteiger partial charge in [-0.05, 0) is 55.7 Å². The Morgan fingerprint density at radius 3 is 2.28 bits per heavy atom. The average molecular weight is 480 g/mol. The molecule has 7 nitrogen and oxygen atoms in total. The zero-order valence-electron chi connectivity index (χ0n) is 18.8. The molecule has 0 aromatic heterocycles. The van der Waals surface area contributed by atoms with Crippen molar-refractivity contribution in [1.82, 2.24) is 10.2 Å². The molecule has 1 N–H and O–H groups in total. The molecule has 0 fully saturated rings. The Bertz CT molecular complexity index is 1040. The van der Waals surface area contributed by atoms with Crippen LogP contribution in [-0.4, -0.2) is 50.5 Å². The Morgan fingerprint density at radius 1 is 1.09 bits per heavy atom. The minimum Gasteiger partial charge on any atom is -0.354 e. The molecule has 9 heteroatoms. The van der Waals surface area contributed by atoms with E-state index < -0.39 is 28.5 Å². The van der Waals surface area contributed by atoms with Gasteiger partial charge in [0, 0.05) is 18.1 Å². The first-order valence-electron chi connectivity index (χ1n) is 10.4. The summed E-state index contributed by atoms with van der Waals surface area (Å²) >= 11 is 5.92. The summed E-state index contributed by atoms with van der Waals surface area (Å²) in [6, 6.07) is 13.0. The number of rotatable bonds is 10. The minimum atomic E-state index is -3.76. The summed E-state index contributed by atoms with van der Waals surface area (Å²) in [5.41, 5.74) is 2.18. The van der Waals surface area contributed by atoms with Gasteiger partial charge < -0.3 is 10.2 Å². The highest BCUT2D eigenvalue weighted by molar-refractivity contribution is 7.92. The Labute approximate surface area is 195 Å². The number of carbonyl (C=O) groups excluding carboxylic acids is 2. The van der Waals surface area contributed by atoms with E-state index in [0.717, 1.165) is 28.1 Å². The fourth-order valence-electron chi connectivity index (χ4n) is 3.17. The molecule has 2 amide bonds. The standard InChI is InChI=1S/C23H30ClN3O4S/c1-5-14-25-23(29)18(3)26(15-19-9-7-6-8-17(19)2)22(28)16-27(32(4,30)31)21-12-10-20(24)11-13-21/h6-13,18H,5,14-16H2,1-4H3,(H,25,29)/t18-/m1/s1. The number of aryl methyl sites for hydroxylation is 1. The normalized spacial score (nSPS) is 12.2. The first-order chi connectivity index (χ1) is 15.0. The maximum absolute atomic E-state index is 13.4. The van der Waals surface area contributed by atoms with Crippen LogP contribution < -0.4 is 9.62 Å². The van der Waals surface area contributed by atoms with Gasteiger partial charge >= 0.3 is 0 Å². The molecule has 0 spiro atoms. The summed E-state index contributed by atoms with van der Waals surface area (Å²) < 4.78 is 26.0. The maximum atomic E-state index is 13.4. The minimum absolute atomic E-state index is 0.185. The molecule has 2 aromatic carbocycles. The lowest BCUT2D eigenvalue weighted by atomic mass is 10.1. The fourth-order valence-corrected chi connectivity index (χ4v) is 4.15. The molecule has 0 unspecified atom stereocenters. The van der Waals surface area contributed by atoms with Crippen molar-refractivity contribution < 1.29 is 18.0 Å². The van der Waals surface area contributed by atoms with Gasteiger partial charge in [0.1, 0.15) is 12.6 Å². The first kappa shape index (κ1) is 25.7. The molecule has 0 aliphatic carbocycles. The fraction of sp³-hybridized carbons (Fsp3) is 0.391. The lowest BCUT2D eigenvalue weighted by molar-refractivity contribution is -0.139. The highest BCUT2D eigenvalue weighted by atomic mass is 35.5. The third-order valence-corrected chi connectivity index (χ3v) is 6.50. The molecule has 0 radical (unpaired) electrons. The zero-order chi connectivity index (χ0) is 23.9. The molecule has 174 valence electrons. The molecule has 1 atom stereocenters. The van der Waals surface area contributed by atoms with Crippen LogP contribution in [0.25, 0.3) is 0 Å². The Morgan fingerprint density at radius 2 is 1.72 bits per heavy atom. The molecule has 32 heavy (non-hydrogen) atoms. The van der Waals surface area contributed by atoms with Crippen molar-refractivity contribution in [2.45, 2.75) is 39.8 Å². The summed E-state index contributed by atoms with van der Waals surface area (Å²) in [6.45, 7) is 5.76. The van der Waals surface area contributed by atoms with Crippen LogP contribution in [0.1, 0.15) is 31.4 Å². The Kier molecular flexibility index (Phi) is 9.09. The van der Waals surface area contributed by atoms with Crippen LogP contribution in [0.15, 0.2) is 48.5 Å². The van der Waals surface area contributed by atoms with Crippen molar-refractivity contribution >= 4 is 39.1 Å². The van der Waals surface area contributed by atoms with Gasteiger partial charge in [-0.25, -0.2) is 8.42 Å². The number of halogens is 1. The van der Waals surface area contributed by atoms with Crippen molar-refractivity contribution in [3.63, 3.8) is 0 Å². The average Bonchev–Trinajstić information content (AvgIpc) is 2.74. The SMILES string of the molecule is CCCNC(=O)[C@@H](C)N(Cc1ccccc1C)C(=O)CN(c1ccc(Cl)cc1)S(C)(=O)=O. The van der Waals surface area contributed by atoms with Crippen LogP contribution >= 0.6 is 11.6 Å². The predicted octanol–water partition coefficient (Wildman–Crippen LogP) is 3.36. The molecule has 0 aliphatic rings. The number of amides is 2. The molecule has 0 aliphatic heterocycles. The van der Waals surface area contributed by atoms with E-state index in [0.29, 0.717) is 17.3 Å². The summed E-state index contributed by atoms with van der Waals surface area (Å²) in [5.74, 6) is -0.765. The van der Waals surface area contributed by atoms with Crippen LogP contribution in [0, 0.1) is 6.92 Å². The van der Waals surface area contributed by atoms with Crippen LogP contribution in [0.2, 0.25) is 5.02 Å². The predicted molar refractivity (Wildman–Crippen MR) is 128 cm³/mol. The second-order valence-corrected chi connectivity index (χ2v) is 10.0. The molecule has 0 saturated heterocycles. The van der Waals surface area contributed by atoms with Gasteiger partial charge in [0.25, 0.3) is 0 Å². The number of nitrogens with one attached hydrogen (secondary N) is 1. The number of anilines is 1. The number of benzene rings is 2. The molecular formula is C23H30ClN3O4S. The van der Waals surface area contributed by atoms with E-state index >= 15 is 0 Å². The van der Waals surface area contributed by atoms with Gasteiger partial charge in [-0.2, -0.15) is 0 Å². The summed E-state index contributed by atoms with van der Waals surface area (Å²) in [7, 11) is -3.76. The molecule has 0 bridgehead atoms. The number of sulfonamides is 1. The topological polar surface area (TPSA) is 86.8 Å². The van der Waals surface area contributed by atoms with Crippen molar-refractivity contribution in [3.8, 4) is 0 Å². The summed E-state index contributed by atoms with van der Waals surface area (Å²) in [6.07, 6.45) is 1.81. The van der Waals surface area contributed by atoms with Gasteiger partial charge in [0.15, 0.2) is 0 Å². The quantitative estimate of drug-likeness (QED) is 0.566. The van der Waals surface area contributed by atoms with Crippen molar-refractivity contribution in [3.05, 3.63) is 64.7 Å². The van der Waals surface area contributed by atoms with E-state index in [9.17, 15) is 18.0 Å². The highest BCUT2D eigenvalue weighted by Crippen LogP contribution is 2.21. The third kappa shape index (κ3) is 6.97. The van der Waals surface area contributed by atoms with E-state index in [2.05, 4.69) is 5.32 Å². The number of hydrogen-bond acceptors (Lipinski definition) is 4. The lowest BCUT2D eigenvalue weighted by Crippen LogP contribution is -2.51. The van der Waals surface area contributed by atoms with Gasteiger partial charge in [-0.1, -0.05) is 42.8 Å². The van der Waals surface area contributed by atoms with Crippen molar-refractivity contribution in [1.29, 1.82) is 0 Å². The van der Waals surface area contributed by atoms with Crippen LogP contribution in [-0.2, 0) is 26.2 Å². The van der Waals surface area contributed by atoms with E-state index in [4.69, 9.17) is 11.6 Å². The molecule has 2 aromatic rings. The number of nitrogens with zero attached hydrogens (tertiary/aromatic N) is 2. The van der Waals surface area contributed by atoms with E-state index in [1.54, 1.807) is 31.2 Å². The largest absolute Gasteiger partial charge is 0.354 e. The summed E-state index contributed by atoms with van der Waals surface area (Å²) in [4.78, 5) is 27.5. The second kappa shape index (κ2) is 11.3. The molecule has 0 heterocycles. The molecule has 0 saturated carbocycles. The Hall–Kier alpha value is -2.58. The zero-order valence-corrected chi connectivity index (χ0v) is 20.4. The molecular weight excluding hydrogens is 450 g/mol. The monoisotopic (exact) mass is 479 g/mol. The second-order valence-electron chi connectivity index (χ2n) is 7.66. The third-order valence-electron chi connectivity index (χ3n) is 5.11. The van der Waals surface area contributed by atoms with E-state index in [1.807, 2.05) is 38.1 Å². The first-order valence-corrected chi connectivity index (χ1v) is 12.6. The van der Waals surface area contributed by atoms with Crippen LogP contribution in [0.5, 0.6) is 0 Å². The highest BCUT2D eigenvalue weighted by Gasteiger charge is 2.30. The van der Waals surface area contributed by atoms with Gasteiger partial charge in [0.05, 0.1) is 11.9 Å². The van der Waals surface area contributed by atoms with Gasteiger partial charge in [0.2, 0.25) is 21.8 Å². The van der Waals surface area contributed by atoms with Gasteiger partial charge in [-0.3, -0.25) is 13.9 Å². The van der Waals surface area contributed by atoms with Gasteiger partial charge in [-0.15, -0.1) is 0 Å². The van der Waals surface area contributed by atoms with Crippen molar-refractivity contribution in [2.75, 3.05) is 23.7 Å². The number of hydrogen-bond donors (Lipinski definition) is 1. The lowest BCUT2D eigenvalue weighted by Gasteiger charge is -2.31. The Balaban J connectivity index is 2.37. The van der Waals surface area contributed by atoms with E-state index in [1.165, 1.54) is 4.90 Å². The maximum Gasteiger partial charge on any atom is 0.244 e. The number of carbonyl (C=O) groups is 2. The van der Waals surface area contributed by atoms with E-state index in [-0.39, 0.29) is 12.5 Å². The smallest absolute Gasteiger partial charge is 0.244 e. The van der Waals surface area contributed by atoms with Crippen LogP contribution in [0.3, 0.4) is 0 Å². The van der Waals surface area contributed by atoms with Crippen LogP contribution in [0.4, 0.5) is 5.69 Å². The van der Waals surface area contributed by atoms with Crippen molar-refractivity contribution in [2.24, 2.45) is 0 Å².